The molecule has 1 aliphatic heterocycles. The molecule has 0 unspecified atom stereocenters. The smallest absolute Gasteiger partial charge is 0.256 e. The first-order chi connectivity index (χ1) is 13.6. The van der Waals surface area contributed by atoms with Crippen molar-refractivity contribution in [2.24, 2.45) is 5.92 Å². The molecule has 0 aromatic carbocycles. The standard InChI is InChI=1S/C21H26N4O3/c1-12-18(19-15(22-12)3-2-4-16(19)26)21(27)25-9-7-13(8-10-25)11-17-23-20(28-24-17)14-5-6-14/h13-14,22H,2-11H2,1H3. The lowest BCUT2D eigenvalue weighted by atomic mass is 9.90. The van der Waals surface area contributed by atoms with Gasteiger partial charge in [0.1, 0.15) is 0 Å². The van der Waals surface area contributed by atoms with Gasteiger partial charge in [0.15, 0.2) is 11.6 Å². The molecular weight excluding hydrogens is 356 g/mol. The maximum Gasteiger partial charge on any atom is 0.256 e. The minimum absolute atomic E-state index is 0.000666. The highest BCUT2D eigenvalue weighted by Crippen LogP contribution is 2.39. The molecule has 0 atom stereocenters. The van der Waals surface area contributed by atoms with Crippen LogP contribution < -0.4 is 0 Å². The number of hydrogen-bond donors (Lipinski definition) is 1. The lowest BCUT2D eigenvalue weighted by Crippen LogP contribution is -2.39. The minimum Gasteiger partial charge on any atom is -0.361 e. The van der Waals surface area contributed by atoms with E-state index in [1.54, 1.807) is 0 Å². The van der Waals surface area contributed by atoms with Crippen molar-refractivity contribution >= 4 is 11.7 Å². The lowest BCUT2D eigenvalue weighted by molar-refractivity contribution is 0.0684. The minimum atomic E-state index is -0.000666. The molecule has 0 radical (unpaired) electrons. The van der Waals surface area contributed by atoms with Gasteiger partial charge in [0.25, 0.3) is 5.91 Å². The van der Waals surface area contributed by atoms with Crippen molar-refractivity contribution in [1.29, 1.82) is 0 Å². The fourth-order valence-corrected chi connectivity index (χ4v) is 4.61. The first kappa shape index (κ1) is 17.6. The van der Waals surface area contributed by atoms with Crippen LogP contribution in [0.2, 0.25) is 0 Å². The van der Waals surface area contributed by atoms with Crippen LogP contribution in [0.1, 0.15) is 88.3 Å². The molecule has 1 amide bonds. The van der Waals surface area contributed by atoms with Crippen LogP contribution in [0.25, 0.3) is 0 Å². The van der Waals surface area contributed by atoms with Gasteiger partial charge >= 0.3 is 0 Å². The third-order valence-electron chi connectivity index (χ3n) is 6.37. The van der Waals surface area contributed by atoms with Gasteiger partial charge in [-0.2, -0.15) is 4.98 Å². The molecule has 1 saturated carbocycles. The van der Waals surface area contributed by atoms with Crippen LogP contribution >= 0.6 is 0 Å². The Hall–Kier alpha value is -2.44. The maximum absolute atomic E-state index is 13.2. The summed E-state index contributed by atoms with van der Waals surface area (Å²) in [7, 11) is 0. The number of H-pyrrole nitrogens is 1. The number of piperidine rings is 1. The number of nitrogens with zero attached hydrogens (tertiary/aromatic N) is 3. The second-order valence-corrected chi connectivity index (χ2v) is 8.52. The number of amides is 1. The van der Waals surface area contributed by atoms with E-state index < -0.39 is 0 Å². The van der Waals surface area contributed by atoms with Crippen LogP contribution in [-0.4, -0.2) is 44.8 Å². The molecule has 2 aromatic heterocycles. The van der Waals surface area contributed by atoms with Crippen molar-refractivity contribution < 1.29 is 14.1 Å². The highest BCUT2D eigenvalue weighted by Gasteiger charge is 2.33. The van der Waals surface area contributed by atoms with Crippen LogP contribution in [0, 0.1) is 12.8 Å². The van der Waals surface area contributed by atoms with Gasteiger partial charge < -0.3 is 14.4 Å². The Morgan fingerprint density at radius 2 is 2.00 bits per heavy atom. The zero-order valence-corrected chi connectivity index (χ0v) is 16.3. The summed E-state index contributed by atoms with van der Waals surface area (Å²) >= 11 is 0. The highest BCUT2D eigenvalue weighted by molar-refractivity contribution is 6.10. The van der Waals surface area contributed by atoms with Crippen LogP contribution in [0.3, 0.4) is 0 Å². The summed E-state index contributed by atoms with van der Waals surface area (Å²) < 4.78 is 5.35. The first-order valence-electron chi connectivity index (χ1n) is 10.5. The number of rotatable bonds is 4. The Labute approximate surface area is 163 Å². The van der Waals surface area contributed by atoms with Gasteiger partial charge in [0.2, 0.25) is 5.89 Å². The molecule has 2 aromatic rings. The third kappa shape index (κ3) is 3.16. The normalized spacial score (nSPS) is 20.5. The molecule has 28 heavy (non-hydrogen) atoms. The average molecular weight is 382 g/mol. The Balaban J connectivity index is 1.23. The van der Waals surface area contributed by atoms with Gasteiger partial charge in [-0.05, 0) is 51.4 Å². The van der Waals surface area contributed by atoms with E-state index in [9.17, 15) is 9.59 Å². The second-order valence-electron chi connectivity index (χ2n) is 8.52. The number of aromatic amines is 1. The van der Waals surface area contributed by atoms with Crippen LogP contribution in [0.4, 0.5) is 0 Å². The quantitative estimate of drug-likeness (QED) is 0.877. The summed E-state index contributed by atoms with van der Waals surface area (Å²) in [6.45, 7) is 3.33. The molecule has 3 aliphatic rings. The first-order valence-corrected chi connectivity index (χ1v) is 10.5. The molecule has 148 valence electrons. The molecule has 2 aliphatic carbocycles. The number of fused-ring (bicyclic) bond motifs is 1. The fourth-order valence-electron chi connectivity index (χ4n) is 4.61. The number of likely N-dealkylation sites (tertiary alicyclic amines) is 1. The molecule has 0 spiro atoms. The van der Waals surface area contributed by atoms with Crippen LogP contribution in [0.5, 0.6) is 0 Å². The largest absolute Gasteiger partial charge is 0.361 e. The van der Waals surface area contributed by atoms with Crippen molar-refractivity contribution in [2.75, 3.05) is 13.1 Å². The number of Topliss-reactive ketones (excluding diaryl/α,β-unsaturated/α-hetero) is 1. The number of nitrogens with one attached hydrogen (secondary N) is 1. The van der Waals surface area contributed by atoms with Gasteiger partial charge in [-0.15, -0.1) is 0 Å². The van der Waals surface area contributed by atoms with Gasteiger partial charge in [-0.25, -0.2) is 0 Å². The number of ketones is 1. The van der Waals surface area contributed by atoms with Gasteiger partial charge in [-0.3, -0.25) is 9.59 Å². The number of carbonyl (C=O) groups is 2. The van der Waals surface area contributed by atoms with Crippen molar-refractivity contribution in [3.05, 3.63) is 34.2 Å². The van der Waals surface area contributed by atoms with Gasteiger partial charge in [0, 0.05) is 43.2 Å². The van der Waals surface area contributed by atoms with E-state index in [0.29, 0.717) is 42.5 Å². The predicted molar refractivity (Wildman–Crippen MR) is 101 cm³/mol. The van der Waals surface area contributed by atoms with Crippen molar-refractivity contribution in [3.63, 3.8) is 0 Å². The summed E-state index contributed by atoms with van der Waals surface area (Å²) in [5, 5.41) is 4.13. The fraction of sp³-hybridized carbons (Fsp3) is 0.619. The number of carbonyl (C=O) groups excluding carboxylic acids is 2. The molecule has 5 rings (SSSR count). The Bertz CT molecular complexity index is 916. The summed E-state index contributed by atoms with van der Waals surface area (Å²) in [4.78, 5) is 35.3. The Morgan fingerprint density at radius 1 is 1.21 bits per heavy atom. The summed E-state index contributed by atoms with van der Waals surface area (Å²) in [6.07, 6.45) is 7.25. The highest BCUT2D eigenvalue weighted by atomic mass is 16.5. The summed E-state index contributed by atoms with van der Waals surface area (Å²) in [5.41, 5.74) is 3.02. The van der Waals surface area contributed by atoms with E-state index in [-0.39, 0.29) is 11.7 Å². The molecule has 1 saturated heterocycles. The van der Waals surface area contributed by atoms with E-state index in [2.05, 4.69) is 15.1 Å². The topological polar surface area (TPSA) is 92.1 Å². The maximum atomic E-state index is 13.2. The van der Waals surface area contributed by atoms with Gasteiger partial charge in [-0.1, -0.05) is 5.16 Å². The molecule has 3 heterocycles. The van der Waals surface area contributed by atoms with E-state index in [1.807, 2.05) is 11.8 Å². The lowest BCUT2D eigenvalue weighted by Gasteiger charge is -2.32. The number of hydrogen-bond acceptors (Lipinski definition) is 5. The summed E-state index contributed by atoms with van der Waals surface area (Å²) in [6, 6.07) is 0. The SMILES string of the molecule is Cc1[nH]c2c(c1C(=O)N1CCC(Cc3noc(C4CC4)n3)CC1)C(=O)CCC2. The van der Waals surface area contributed by atoms with Crippen molar-refractivity contribution in [1.82, 2.24) is 20.0 Å². The van der Waals surface area contributed by atoms with E-state index >= 15 is 0 Å². The second kappa shape index (κ2) is 6.87. The summed E-state index contributed by atoms with van der Waals surface area (Å²) in [5.74, 6) is 2.65. The monoisotopic (exact) mass is 382 g/mol. The molecule has 1 N–H and O–H groups in total. The molecule has 7 nitrogen and oxygen atoms in total. The predicted octanol–water partition coefficient (Wildman–Crippen LogP) is 3.20. The van der Waals surface area contributed by atoms with Crippen molar-refractivity contribution in [3.8, 4) is 0 Å². The van der Waals surface area contributed by atoms with Gasteiger partial charge in [0.05, 0.1) is 11.1 Å². The third-order valence-corrected chi connectivity index (χ3v) is 6.37. The molecule has 2 fully saturated rings. The average Bonchev–Trinajstić information content (AvgIpc) is 3.34. The van der Waals surface area contributed by atoms with E-state index in [4.69, 9.17) is 4.52 Å². The number of aryl methyl sites for hydroxylation is 2. The van der Waals surface area contributed by atoms with Crippen LogP contribution in [0.15, 0.2) is 4.52 Å². The van der Waals surface area contributed by atoms with E-state index in [1.165, 1.54) is 0 Å². The van der Waals surface area contributed by atoms with Crippen LogP contribution in [-0.2, 0) is 12.8 Å². The zero-order chi connectivity index (χ0) is 19.3. The zero-order valence-electron chi connectivity index (χ0n) is 16.3. The molecular formula is C21H26N4O3. The Morgan fingerprint density at radius 3 is 2.75 bits per heavy atom. The van der Waals surface area contributed by atoms with Crippen molar-refractivity contribution in [2.45, 2.75) is 64.2 Å². The molecule has 7 heteroatoms. The Kier molecular flexibility index (Phi) is 4.33. The van der Waals surface area contributed by atoms with E-state index in [0.717, 1.165) is 68.0 Å². The number of aromatic nitrogens is 3. The molecule has 0 bridgehead atoms.